The third-order valence-corrected chi connectivity index (χ3v) is 4.56. The molecule has 1 spiro atoms. The second-order valence-electron chi connectivity index (χ2n) is 6.07. The van der Waals surface area contributed by atoms with Gasteiger partial charge < -0.3 is 4.57 Å². The van der Waals surface area contributed by atoms with Gasteiger partial charge in [-0.15, -0.1) is 0 Å². The van der Waals surface area contributed by atoms with Crippen LogP contribution in [0.4, 0.5) is 0 Å². The van der Waals surface area contributed by atoms with Crippen molar-refractivity contribution in [2.45, 2.75) is 45.3 Å². The highest BCUT2D eigenvalue weighted by Gasteiger charge is 2.40. The van der Waals surface area contributed by atoms with E-state index in [1.54, 1.807) is 14.0 Å². The normalized spacial score (nSPS) is 28.5. The van der Waals surface area contributed by atoms with E-state index in [-0.39, 0.29) is 0 Å². The highest BCUT2D eigenvalue weighted by atomic mass is 16.7. The average molecular weight is 292 g/mol. The monoisotopic (exact) mass is 292 g/mol. The molecule has 7 heteroatoms. The highest BCUT2D eigenvalue weighted by molar-refractivity contribution is 5.99. The SMILES string of the molecule is Cc1c(C2=NC3(CCC(C)CC3)ON2)c(=O)[nH]c(=O)n1C. The molecule has 21 heavy (non-hydrogen) atoms. The first-order valence-electron chi connectivity index (χ1n) is 7.26. The van der Waals surface area contributed by atoms with Crippen LogP contribution in [0.1, 0.15) is 43.9 Å². The Morgan fingerprint density at radius 1 is 1.33 bits per heavy atom. The largest absolute Gasteiger partial charge is 0.328 e. The van der Waals surface area contributed by atoms with Gasteiger partial charge in [0, 0.05) is 12.7 Å². The summed E-state index contributed by atoms with van der Waals surface area (Å²) < 4.78 is 1.40. The predicted molar refractivity (Wildman–Crippen MR) is 78.2 cm³/mol. The molecule has 0 bridgehead atoms. The number of hydrogen-bond acceptors (Lipinski definition) is 5. The smallest absolute Gasteiger partial charge is 0.300 e. The second-order valence-corrected chi connectivity index (χ2v) is 6.07. The molecular formula is C14H20N4O3. The Bertz CT molecular complexity index is 708. The Hall–Kier alpha value is -1.89. The maximum absolute atomic E-state index is 12.1. The van der Waals surface area contributed by atoms with Crippen molar-refractivity contribution in [2.24, 2.45) is 18.0 Å². The van der Waals surface area contributed by atoms with E-state index in [0.717, 1.165) is 25.7 Å². The molecule has 0 amide bonds. The summed E-state index contributed by atoms with van der Waals surface area (Å²) in [7, 11) is 1.62. The molecule has 114 valence electrons. The topological polar surface area (TPSA) is 88.5 Å². The van der Waals surface area contributed by atoms with Gasteiger partial charge in [0.05, 0.1) is 0 Å². The minimum atomic E-state index is -0.560. The average Bonchev–Trinajstić information content (AvgIpc) is 2.84. The highest BCUT2D eigenvalue weighted by Crippen LogP contribution is 2.37. The molecule has 1 aliphatic heterocycles. The van der Waals surface area contributed by atoms with E-state index < -0.39 is 17.0 Å². The number of rotatable bonds is 1. The minimum absolute atomic E-state index is 0.368. The van der Waals surface area contributed by atoms with Crippen molar-refractivity contribution in [3.63, 3.8) is 0 Å². The van der Waals surface area contributed by atoms with Crippen LogP contribution in [0.5, 0.6) is 0 Å². The molecule has 1 fully saturated rings. The Morgan fingerprint density at radius 3 is 2.67 bits per heavy atom. The number of hydrogen-bond donors (Lipinski definition) is 2. The van der Waals surface area contributed by atoms with Crippen LogP contribution in [0.3, 0.4) is 0 Å². The van der Waals surface area contributed by atoms with Gasteiger partial charge in [-0.1, -0.05) is 6.92 Å². The van der Waals surface area contributed by atoms with Crippen LogP contribution in [0.15, 0.2) is 14.6 Å². The van der Waals surface area contributed by atoms with Crippen molar-refractivity contribution < 1.29 is 4.84 Å². The summed E-state index contributed by atoms with van der Waals surface area (Å²) in [6, 6.07) is 0. The summed E-state index contributed by atoms with van der Waals surface area (Å²) in [5.74, 6) is 1.10. The number of nitrogens with zero attached hydrogens (tertiary/aromatic N) is 2. The first-order chi connectivity index (χ1) is 9.92. The standard InChI is InChI=1S/C14H20N4O3/c1-8-4-6-14(7-5-8)16-11(17-21-14)10-9(2)18(3)13(20)15-12(10)19/h8H,4-7H2,1-3H3,(H,16,17)(H,15,19,20). The molecule has 2 aliphatic rings. The van der Waals surface area contributed by atoms with Crippen LogP contribution in [-0.2, 0) is 11.9 Å². The number of aromatic nitrogens is 2. The third kappa shape index (κ3) is 2.31. The van der Waals surface area contributed by atoms with Crippen molar-refractivity contribution >= 4 is 5.84 Å². The van der Waals surface area contributed by atoms with Crippen LogP contribution in [-0.4, -0.2) is 21.1 Å². The van der Waals surface area contributed by atoms with Crippen LogP contribution < -0.4 is 16.7 Å². The van der Waals surface area contributed by atoms with Gasteiger partial charge in [0.15, 0.2) is 11.6 Å². The molecule has 0 radical (unpaired) electrons. The van der Waals surface area contributed by atoms with E-state index >= 15 is 0 Å². The minimum Gasteiger partial charge on any atom is -0.300 e. The van der Waals surface area contributed by atoms with Crippen LogP contribution in [0, 0.1) is 12.8 Å². The van der Waals surface area contributed by atoms with Crippen LogP contribution in [0.2, 0.25) is 0 Å². The van der Waals surface area contributed by atoms with E-state index in [2.05, 4.69) is 22.4 Å². The Labute approximate surface area is 122 Å². The molecular weight excluding hydrogens is 272 g/mol. The van der Waals surface area contributed by atoms with Gasteiger partial charge >= 0.3 is 5.69 Å². The predicted octanol–water partition coefficient (Wildman–Crippen LogP) is 0.570. The molecule has 1 saturated carbocycles. The van der Waals surface area contributed by atoms with Gasteiger partial charge in [0.1, 0.15) is 5.56 Å². The fraction of sp³-hybridized carbons (Fsp3) is 0.643. The lowest BCUT2D eigenvalue weighted by Crippen LogP contribution is -2.37. The van der Waals surface area contributed by atoms with Gasteiger partial charge in [-0.2, -0.15) is 0 Å². The number of H-pyrrole nitrogens is 1. The lowest BCUT2D eigenvalue weighted by molar-refractivity contribution is -0.0826. The molecule has 2 N–H and O–H groups in total. The van der Waals surface area contributed by atoms with Crippen LogP contribution >= 0.6 is 0 Å². The summed E-state index contributed by atoms with van der Waals surface area (Å²) >= 11 is 0. The Balaban J connectivity index is 2.01. The zero-order valence-electron chi connectivity index (χ0n) is 12.5. The summed E-state index contributed by atoms with van der Waals surface area (Å²) in [5.41, 5.74) is 2.30. The third-order valence-electron chi connectivity index (χ3n) is 4.56. The molecule has 7 nitrogen and oxygen atoms in total. The fourth-order valence-electron chi connectivity index (χ4n) is 2.93. The lowest BCUT2D eigenvalue weighted by atomic mass is 9.85. The van der Waals surface area contributed by atoms with E-state index in [9.17, 15) is 9.59 Å². The number of hydroxylamine groups is 1. The Kier molecular flexibility index (Phi) is 3.24. The van der Waals surface area contributed by atoms with Crippen molar-refractivity contribution in [1.82, 2.24) is 15.0 Å². The van der Waals surface area contributed by atoms with Gasteiger partial charge in [-0.05, 0) is 38.5 Å². The van der Waals surface area contributed by atoms with Gasteiger partial charge in [0.25, 0.3) is 5.56 Å². The maximum Gasteiger partial charge on any atom is 0.328 e. The molecule has 1 aliphatic carbocycles. The molecule has 3 rings (SSSR count). The quantitative estimate of drug-likeness (QED) is 0.792. The zero-order chi connectivity index (χ0) is 15.2. The lowest BCUT2D eigenvalue weighted by Gasteiger charge is -2.31. The number of amidine groups is 1. The summed E-state index contributed by atoms with van der Waals surface area (Å²) in [4.78, 5) is 36.3. The first kappa shape index (κ1) is 14.1. The van der Waals surface area contributed by atoms with E-state index in [1.165, 1.54) is 4.57 Å². The molecule has 1 aromatic heterocycles. The summed E-state index contributed by atoms with van der Waals surface area (Å²) in [6.07, 6.45) is 3.79. The number of aromatic amines is 1. The number of aliphatic imine (C=N–C) groups is 1. The van der Waals surface area contributed by atoms with Crippen LogP contribution in [0.25, 0.3) is 0 Å². The first-order valence-corrected chi connectivity index (χ1v) is 7.26. The van der Waals surface area contributed by atoms with E-state index in [4.69, 9.17) is 4.84 Å². The van der Waals surface area contributed by atoms with E-state index in [0.29, 0.717) is 23.0 Å². The number of nitrogens with one attached hydrogen (secondary N) is 2. The zero-order valence-corrected chi connectivity index (χ0v) is 12.5. The molecule has 0 saturated heterocycles. The Morgan fingerprint density at radius 2 is 2.00 bits per heavy atom. The van der Waals surface area contributed by atoms with Crippen molar-refractivity contribution in [3.05, 3.63) is 32.1 Å². The van der Waals surface area contributed by atoms with E-state index in [1.807, 2.05) is 0 Å². The van der Waals surface area contributed by atoms with Crippen molar-refractivity contribution in [3.8, 4) is 0 Å². The molecule has 0 atom stereocenters. The van der Waals surface area contributed by atoms with Gasteiger partial charge in [0.2, 0.25) is 0 Å². The maximum atomic E-state index is 12.1. The summed E-state index contributed by atoms with van der Waals surface area (Å²) in [5, 5.41) is 0. The molecule has 0 aromatic carbocycles. The summed E-state index contributed by atoms with van der Waals surface area (Å²) in [6.45, 7) is 3.95. The van der Waals surface area contributed by atoms with Crippen molar-refractivity contribution in [2.75, 3.05) is 0 Å². The second kappa shape index (κ2) is 4.84. The van der Waals surface area contributed by atoms with Gasteiger partial charge in [-0.3, -0.25) is 9.78 Å². The molecule has 1 aromatic rings. The molecule has 2 heterocycles. The van der Waals surface area contributed by atoms with Crippen molar-refractivity contribution in [1.29, 1.82) is 0 Å². The molecule has 0 unspecified atom stereocenters. The fourth-order valence-corrected chi connectivity index (χ4v) is 2.93. The van der Waals surface area contributed by atoms with Gasteiger partial charge in [-0.25, -0.2) is 20.1 Å².